The number of aromatic carboxylic acids is 1. The summed E-state index contributed by atoms with van der Waals surface area (Å²) in [6.45, 7) is 10.1. The third kappa shape index (κ3) is 5.38. The summed E-state index contributed by atoms with van der Waals surface area (Å²) in [5, 5.41) is 9.36. The van der Waals surface area contributed by atoms with E-state index in [0.29, 0.717) is 5.92 Å². The number of benzene rings is 1. The first-order valence-corrected chi connectivity index (χ1v) is 8.37. The molecule has 1 N–H and O–H groups in total. The number of carboxylic acid groups (broad SMARTS) is 1. The van der Waals surface area contributed by atoms with Crippen LogP contribution in [-0.4, -0.2) is 23.1 Å². The molecule has 1 atom stereocenters. The Bertz CT molecular complexity index is 561. The number of rotatable bonds is 8. The maximum Gasteiger partial charge on any atom is 0.339 e. The molecule has 1 rings (SSSR count). The zero-order chi connectivity index (χ0) is 17.6. The lowest BCUT2D eigenvalue weighted by Crippen LogP contribution is -2.20. The number of carbonyl (C=O) groups excluding carboxylic acids is 1. The second-order valence-electron chi connectivity index (χ2n) is 6.39. The maximum atomic E-state index is 12.5. The van der Waals surface area contributed by atoms with Crippen molar-refractivity contribution in [1.82, 2.24) is 0 Å². The van der Waals surface area contributed by atoms with E-state index in [0.717, 1.165) is 36.8 Å². The lowest BCUT2D eigenvalue weighted by Gasteiger charge is -2.18. The zero-order valence-electron chi connectivity index (χ0n) is 14.8. The van der Waals surface area contributed by atoms with Crippen molar-refractivity contribution in [2.45, 2.75) is 66.4 Å². The summed E-state index contributed by atoms with van der Waals surface area (Å²) >= 11 is 0. The molecule has 4 nitrogen and oxygen atoms in total. The van der Waals surface area contributed by atoms with Crippen molar-refractivity contribution in [2.75, 3.05) is 0 Å². The van der Waals surface area contributed by atoms with Crippen molar-refractivity contribution in [3.8, 4) is 0 Å². The first-order chi connectivity index (χ1) is 10.8. The van der Waals surface area contributed by atoms with Crippen LogP contribution in [0.15, 0.2) is 12.1 Å². The van der Waals surface area contributed by atoms with Crippen LogP contribution in [0.4, 0.5) is 0 Å². The van der Waals surface area contributed by atoms with Crippen LogP contribution in [0.1, 0.15) is 78.8 Å². The van der Waals surface area contributed by atoms with Crippen LogP contribution < -0.4 is 0 Å². The van der Waals surface area contributed by atoms with E-state index in [2.05, 4.69) is 13.8 Å². The standard InChI is InChI=1S/C19H28O4/c1-6-14-11-17(16(18(20)21)10-13(14)5)19(22)23-15(7-2)9-8-12(3)4/h10-12,15H,6-9H2,1-5H3,(H,20,21). The highest BCUT2D eigenvalue weighted by molar-refractivity contribution is 6.02. The van der Waals surface area contributed by atoms with Gasteiger partial charge in [0, 0.05) is 0 Å². The van der Waals surface area contributed by atoms with Crippen LogP contribution in [-0.2, 0) is 11.2 Å². The minimum atomic E-state index is -1.10. The minimum absolute atomic E-state index is 0.0170. The smallest absolute Gasteiger partial charge is 0.339 e. The molecule has 0 aromatic heterocycles. The average Bonchev–Trinajstić information content (AvgIpc) is 2.50. The molecule has 0 saturated carbocycles. The summed E-state index contributed by atoms with van der Waals surface area (Å²) in [6.07, 6.45) is 3.09. The van der Waals surface area contributed by atoms with Gasteiger partial charge in [-0.2, -0.15) is 0 Å². The Morgan fingerprint density at radius 1 is 1.13 bits per heavy atom. The van der Waals surface area contributed by atoms with Gasteiger partial charge in [-0.25, -0.2) is 9.59 Å². The van der Waals surface area contributed by atoms with Gasteiger partial charge in [-0.1, -0.05) is 27.7 Å². The topological polar surface area (TPSA) is 63.6 Å². The molecule has 1 aromatic rings. The van der Waals surface area contributed by atoms with Gasteiger partial charge in [0.2, 0.25) is 0 Å². The van der Waals surface area contributed by atoms with Gasteiger partial charge in [0.15, 0.2) is 0 Å². The maximum absolute atomic E-state index is 12.5. The molecule has 1 aromatic carbocycles. The summed E-state index contributed by atoms with van der Waals surface area (Å²) in [5.41, 5.74) is 2.02. The van der Waals surface area contributed by atoms with Crippen LogP contribution in [0.5, 0.6) is 0 Å². The first kappa shape index (κ1) is 19.2. The van der Waals surface area contributed by atoms with Gasteiger partial charge in [-0.3, -0.25) is 0 Å². The van der Waals surface area contributed by atoms with Crippen LogP contribution in [0.3, 0.4) is 0 Å². The lowest BCUT2D eigenvalue weighted by molar-refractivity contribution is 0.0255. The molecule has 0 aliphatic heterocycles. The van der Waals surface area contributed by atoms with E-state index >= 15 is 0 Å². The molecule has 23 heavy (non-hydrogen) atoms. The van der Waals surface area contributed by atoms with Gasteiger partial charge >= 0.3 is 11.9 Å². The number of ether oxygens (including phenoxy) is 1. The number of aryl methyl sites for hydroxylation is 2. The predicted molar refractivity (Wildman–Crippen MR) is 91.1 cm³/mol. The molecule has 0 aliphatic carbocycles. The fourth-order valence-corrected chi connectivity index (χ4v) is 2.56. The van der Waals surface area contributed by atoms with Crippen molar-refractivity contribution in [2.24, 2.45) is 5.92 Å². The van der Waals surface area contributed by atoms with Gasteiger partial charge in [-0.05, 0) is 61.8 Å². The summed E-state index contributed by atoms with van der Waals surface area (Å²) in [4.78, 5) is 23.9. The SMILES string of the molecule is CCc1cc(C(=O)OC(CC)CCC(C)C)c(C(=O)O)cc1C. The van der Waals surface area contributed by atoms with Crippen molar-refractivity contribution in [3.63, 3.8) is 0 Å². The zero-order valence-corrected chi connectivity index (χ0v) is 14.8. The van der Waals surface area contributed by atoms with Gasteiger partial charge in [-0.15, -0.1) is 0 Å². The Morgan fingerprint density at radius 3 is 2.26 bits per heavy atom. The van der Waals surface area contributed by atoms with Crippen molar-refractivity contribution in [1.29, 1.82) is 0 Å². The molecular formula is C19H28O4. The van der Waals surface area contributed by atoms with E-state index in [9.17, 15) is 14.7 Å². The largest absolute Gasteiger partial charge is 0.478 e. The minimum Gasteiger partial charge on any atom is -0.478 e. The van der Waals surface area contributed by atoms with E-state index in [4.69, 9.17) is 4.74 Å². The average molecular weight is 320 g/mol. The monoisotopic (exact) mass is 320 g/mol. The molecule has 0 fully saturated rings. The highest BCUT2D eigenvalue weighted by Crippen LogP contribution is 2.21. The molecule has 4 heteroatoms. The second-order valence-corrected chi connectivity index (χ2v) is 6.39. The Labute approximate surface area is 138 Å². The molecule has 0 aliphatic rings. The van der Waals surface area contributed by atoms with E-state index < -0.39 is 11.9 Å². The Balaban J connectivity index is 3.03. The number of esters is 1. The van der Waals surface area contributed by atoms with E-state index in [1.807, 2.05) is 20.8 Å². The fourth-order valence-electron chi connectivity index (χ4n) is 2.56. The number of carbonyl (C=O) groups is 2. The summed E-state index contributed by atoms with van der Waals surface area (Å²) in [5.74, 6) is -1.09. The van der Waals surface area contributed by atoms with Crippen LogP contribution in [0.25, 0.3) is 0 Å². The molecule has 0 radical (unpaired) electrons. The number of hydrogen-bond acceptors (Lipinski definition) is 3. The van der Waals surface area contributed by atoms with Crippen LogP contribution in [0.2, 0.25) is 0 Å². The second kappa shape index (κ2) is 8.70. The fraction of sp³-hybridized carbons (Fsp3) is 0.579. The predicted octanol–water partition coefficient (Wildman–Crippen LogP) is 4.63. The van der Waals surface area contributed by atoms with Crippen molar-refractivity contribution >= 4 is 11.9 Å². The summed E-state index contributed by atoms with van der Waals surface area (Å²) in [6, 6.07) is 3.23. The molecule has 128 valence electrons. The number of hydrogen-bond donors (Lipinski definition) is 1. The lowest BCUT2D eigenvalue weighted by atomic mass is 9.97. The highest BCUT2D eigenvalue weighted by Gasteiger charge is 2.22. The van der Waals surface area contributed by atoms with E-state index in [1.165, 1.54) is 0 Å². The molecular weight excluding hydrogens is 292 g/mol. The van der Waals surface area contributed by atoms with Gasteiger partial charge in [0.05, 0.1) is 11.1 Å². The molecule has 0 spiro atoms. The van der Waals surface area contributed by atoms with Gasteiger partial charge in [0.25, 0.3) is 0 Å². The Hall–Kier alpha value is -1.84. The third-order valence-corrected chi connectivity index (χ3v) is 4.10. The molecule has 0 saturated heterocycles. The number of carboxylic acids is 1. The highest BCUT2D eigenvalue weighted by atomic mass is 16.5. The molecule has 0 heterocycles. The molecule has 0 amide bonds. The van der Waals surface area contributed by atoms with Crippen molar-refractivity contribution < 1.29 is 19.4 Å². The van der Waals surface area contributed by atoms with E-state index in [-0.39, 0.29) is 17.2 Å². The van der Waals surface area contributed by atoms with Crippen LogP contribution in [0, 0.1) is 12.8 Å². The van der Waals surface area contributed by atoms with Gasteiger partial charge in [0.1, 0.15) is 6.10 Å². The normalized spacial score (nSPS) is 12.3. The van der Waals surface area contributed by atoms with Crippen molar-refractivity contribution in [3.05, 3.63) is 34.4 Å². The first-order valence-electron chi connectivity index (χ1n) is 8.37. The quantitative estimate of drug-likeness (QED) is 0.709. The third-order valence-electron chi connectivity index (χ3n) is 4.10. The Morgan fingerprint density at radius 2 is 1.78 bits per heavy atom. The van der Waals surface area contributed by atoms with E-state index in [1.54, 1.807) is 12.1 Å². The summed E-state index contributed by atoms with van der Waals surface area (Å²) in [7, 11) is 0. The molecule has 1 unspecified atom stereocenters. The summed E-state index contributed by atoms with van der Waals surface area (Å²) < 4.78 is 5.56. The van der Waals surface area contributed by atoms with Crippen LogP contribution >= 0.6 is 0 Å². The molecule has 0 bridgehead atoms. The van der Waals surface area contributed by atoms with Gasteiger partial charge < -0.3 is 9.84 Å². The Kier molecular flexibility index (Phi) is 7.27.